The third kappa shape index (κ3) is 6.14. The van der Waals surface area contributed by atoms with Crippen LogP contribution in [0, 0.1) is 5.41 Å². The molecule has 0 aromatic carbocycles. The maximum atomic E-state index is 12.3. The van der Waals surface area contributed by atoms with Crippen LogP contribution in [0.5, 0.6) is 0 Å². The van der Waals surface area contributed by atoms with Gasteiger partial charge in [0.1, 0.15) is 0 Å². The van der Waals surface area contributed by atoms with E-state index >= 15 is 0 Å². The number of nitrogens with zero attached hydrogens (tertiary/aromatic N) is 1. The van der Waals surface area contributed by atoms with Crippen molar-refractivity contribution in [1.29, 1.82) is 0 Å². The first-order chi connectivity index (χ1) is 7.49. The molecule has 4 heteroatoms. The minimum atomic E-state index is -2.23. The minimum absolute atomic E-state index is 0.123. The van der Waals surface area contributed by atoms with E-state index in [0.29, 0.717) is 0 Å². The van der Waals surface area contributed by atoms with Crippen molar-refractivity contribution in [2.24, 2.45) is 5.41 Å². The van der Waals surface area contributed by atoms with Crippen LogP contribution in [0.25, 0.3) is 0 Å². The highest BCUT2D eigenvalue weighted by Gasteiger charge is 2.29. The Hall–Kier alpha value is 0.300. The molecule has 0 unspecified atom stereocenters. The van der Waals surface area contributed by atoms with E-state index in [2.05, 4.69) is 29.8 Å². The summed E-state index contributed by atoms with van der Waals surface area (Å²) < 4.78 is 24.6. The van der Waals surface area contributed by atoms with Gasteiger partial charge in [0.15, 0.2) is 0 Å². The molecule has 0 aliphatic rings. The van der Waals surface area contributed by atoms with Crippen molar-refractivity contribution < 1.29 is 8.78 Å². The second-order valence-corrected chi connectivity index (χ2v) is 5.28. The fourth-order valence-corrected chi connectivity index (χ4v) is 3.13. The van der Waals surface area contributed by atoms with E-state index in [-0.39, 0.29) is 12.0 Å². The lowest BCUT2D eigenvalue weighted by atomic mass is 9.81. The molecule has 0 saturated carbocycles. The van der Waals surface area contributed by atoms with E-state index in [1.54, 1.807) is 11.9 Å². The summed E-state index contributed by atoms with van der Waals surface area (Å²) in [4.78, 5) is 1.76. The van der Waals surface area contributed by atoms with Gasteiger partial charge in [0.05, 0.1) is 6.54 Å². The van der Waals surface area contributed by atoms with Gasteiger partial charge in [-0.05, 0) is 25.3 Å². The highest BCUT2D eigenvalue weighted by molar-refractivity contribution is 9.09. The van der Waals surface area contributed by atoms with Crippen molar-refractivity contribution in [3.05, 3.63) is 0 Å². The standard InChI is InChI=1S/C12H24BrF2N/c1-4-6-12(9-13,7-5-2)10-16(3)8-11(14)15/h11H,4-10H2,1-3H3. The van der Waals surface area contributed by atoms with Crippen molar-refractivity contribution in [1.82, 2.24) is 4.90 Å². The molecule has 0 saturated heterocycles. The smallest absolute Gasteiger partial charge is 0.251 e. The lowest BCUT2D eigenvalue weighted by Gasteiger charge is -2.35. The average molecular weight is 300 g/mol. The van der Waals surface area contributed by atoms with Gasteiger partial charge in [0, 0.05) is 11.9 Å². The third-order valence-corrected chi connectivity index (χ3v) is 4.09. The fraction of sp³-hybridized carbons (Fsp3) is 1.00. The highest BCUT2D eigenvalue weighted by atomic mass is 79.9. The first-order valence-corrected chi connectivity index (χ1v) is 7.14. The van der Waals surface area contributed by atoms with Crippen LogP contribution in [0.15, 0.2) is 0 Å². The molecule has 98 valence electrons. The maximum absolute atomic E-state index is 12.3. The molecule has 1 nitrogen and oxygen atoms in total. The minimum Gasteiger partial charge on any atom is -0.300 e. The normalized spacial score (nSPS) is 12.8. The van der Waals surface area contributed by atoms with Crippen LogP contribution in [-0.4, -0.2) is 36.8 Å². The Balaban J connectivity index is 4.37. The molecule has 16 heavy (non-hydrogen) atoms. The predicted octanol–water partition coefficient (Wildman–Crippen LogP) is 4.16. The zero-order chi connectivity index (χ0) is 12.6. The Morgan fingerprint density at radius 2 is 1.69 bits per heavy atom. The largest absolute Gasteiger partial charge is 0.300 e. The average Bonchev–Trinajstić information content (AvgIpc) is 2.16. The van der Waals surface area contributed by atoms with Crippen molar-refractivity contribution in [3.63, 3.8) is 0 Å². The molecule has 0 atom stereocenters. The molecule has 0 bridgehead atoms. The quantitative estimate of drug-likeness (QED) is 0.578. The Morgan fingerprint density at radius 3 is 2.00 bits per heavy atom. The Labute approximate surface area is 107 Å². The number of halogens is 3. The summed E-state index contributed by atoms with van der Waals surface area (Å²) in [6.07, 6.45) is 2.17. The molecular formula is C12H24BrF2N. The molecule has 0 aliphatic carbocycles. The predicted molar refractivity (Wildman–Crippen MR) is 69.5 cm³/mol. The molecule has 0 aliphatic heterocycles. The van der Waals surface area contributed by atoms with Crippen LogP contribution >= 0.6 is 15.9 Å². The molecule has 0 spiro atoms. The molecule has 0 rings (SSSR count). The summed E-state index contributed by atoms with van der Waals surface area (Å²) >= 11 is 3.56. The van der Waals surface area contributed by atoms with Crippen molar-refractivity contribution in [2.75, 3.05) is 25.5 Å². The van der Waals surface area contributed by atoms with Gasteiger partial charge < -0.3 is 4.90 Å². The summed E-state index contributed by atoms with van der Waals surface area (Å²) in [5, 5.41) is 0.898. The van der Waals surface area contributed by atoms with Crippen LogP contribution in [-0.2, 0) is 0 Å². The molecule has 0 aromatic rings. The van der Waals surface area contributed by atoms with E-state index < -0.39 is 6.43 Å². The number of alkyl halides is 3. The van der Waals surface area contributed by atoms with Gasteiger partial charge in [0.25, 0.3) is 6.43 Å². The van der Waals surface area contributed by atoms with Crippen LogP contribution < -0.4 is 0 Å². The second-order valence-electron chi connectivity index (χ2n) is 4.72. The number of rotatable bonds is 9. The number of hydrogen-bond donors (Lipinski definition) is 0. The lowest BCUT2D eigenvalue weighted by molar-refractivity contribution is 0.0752. The molecule has 0 fully saturated rings. The van der Waals surface area contributed by atoms with Crippen LogP contribution in [0.1, 0.15) is 39.5 Å². The first-order valence-electron chi connectivity index (χ1n) is 6.02. The Morgan fingerprint density at radius 1 is 1.19 bits per heavy atom. The third-order valence-electron chi connectivity index (χ3n) is 2.90. The van der Waals surface area contributed by atoms with Crippen LogP contribution in [0.4, 0.5) is 8.78 Å². The van der Waals surface area contributed by atoms with Gasteiger partial charge in [0.2, 0.25) is 0 Å². The maximum Gasteiger partial charge on any atom is 0.251 e. The second kappa shape index (κ2) is 8.40. The highest BCUT2D eigenvalue weighted by Crippen LogP contribution is 2.33. The summed E-state index contributed by atoms with van der Waals surface area (Å²) in [5.74, 6) is 0. The van der Waals surface area contributed by atoms with Gasteiger partial charge in [-0.15, -0.1) is 0 Å². The van der Waals surface area contributed by atoms with E-state index in [1.165, 1.54) is 0 Å². The lowest BCUT2D eigenvalue weighted by Crippen LogP contribution is -2.39. The van der Waals surface area contributed by atoms with Gasteiger partial charge >= 0.3 is 0 Å². The molecular weight excluding hydrogens is 276 g/mol. The van der Waals surface area contributed by atoms with Gasteiger partial charge in [-0.1, -0.05) is 42.6 Å². The first kappa shape index (κ1) is 16.3. The molecule has 0 amide bonds. The summed E-state index contributed by atoms with van der Waals surface area (Å²) in [6, 6.07) is 0. The topological polar surface area (TPSA) is 3.24 Å². The van der Waals surface area contributed by atoms with Crippen molar-refractivity contribution in [3.8, 4) is 0 Å². The zero-order valence-corrected chi connectivity index (χ0v) is 12.2. The zero-order valence-electron chi connectivity index (χ0n) is 10.6. The number of hydrogen-bond acceptors (Lipinski definition) is 1. The summed E-state index contributed by atoms with van der Waals surface area (Å²) in [5.41, 5.74) is 0.160. The summed E-state index contributed by atoms with van der Waals surface area (Å²) in [6.45, 7) is 4.94. The van der Waals surface area contributed by atoms with E-state index in [1.807, 2.05) is 0 Å². The van der Waals surface area contributed by atoms with Gasteiger partial charge in [-0.25, -0.2) is 8.78 Å². The van der Waals surface area contributed by atoms with Crippen molar-refractivity contribution >= 4 is 15.9 Å². The van der Waals surface area contributed by atoms with Gasteiger partial charge in [-0.3, -0.25) is 0 Å². The van der Waals surface area contributed by atoms with Crippen LogP contribution in [0.3, 0.4) is 0 Å². The SMILES string of the molecule is CCCC(CBr)(CCC)CN(C)CC(F)F. The molecule has 0 heterocycles. The summed E-state index contributed by atoms with van der Waals surface area (Å²) in [7, 11) is 1.79. The van der Waals surface area contributed by atoms with E-state index in [9.17, 15) is 8.78 Å². The monoisotopic (exact) mass is 299 g/mol. The van der Waals surface area contributed by atoms with E-state index in [4.69, 9.17) is 0 Å². The Bertz CT molecular complexity index is 170. The fourth-order valence-electron chi connectivity index (χ4n) is 2.39. The molecule has 0 aromatic heterocycles. The van der Waals surface area contributed by atoms with Crippen LogP contribution in [0.2, 0.25) is 0 Å². The Kier molecular flexibility index (Phi) is 8.56. The molecule has 0 radical (unpaired) electrons. The van der Waals surface area contributed by atoms with Crippen molar-refractivity contribution in [2.45, 2.75) is 46.0 Å². The van der Waals surface area contributed by atoms with E-state index in [0.717, 1.165) is 37.6 Å². The van der Waals surface area contributed by atoms with Gasteiger partial charge in [-0.2, -0.15) is 0 Å². The molecule has 0 N–H and O–H groups in total.